The van der Waals surface area contributed by atoms with E-state index < -0.39 is 12.2 Å². The maximum Gasteiger partial charge on any atom is 0.308 e. The fourth-order valence-corrected chi connectivity index (χ4v) is 7.95. The molecule has 2 N–H and O–H groups in total. The minimum absolute atomic E-state index is 0.135. The minimum Gasteiger partial charge on any atom is -0.461 e. The van der Waals surface area contributed by atoms with Crippen LogP contribution in [-0.4, -0.2) is 39.5 Å². The van der Waals surface area contributed by atoms with Crippen LogP contribution in [0.2, 0.25) is 0 Å². The van der Waals surface area contributed by atoms with Crippen molar-refractivity contribution in [3.05, 3.63) is 53.3 Å². The maximum absolute atomic E-state index is 12.7. The predicted octanol–water partition coefficient (Wildman–Crippen LogP) is 6.89. The van der Waals surface area contributed by atoms with Crippen molar-refractivity contribution in [1.29, 1.82) is 0 Å². The number of ether oxygens (including phenoxy) is 1. The molecule has 6 nitrogen and oxygen atoms in total. The summed E-state index contributed by atoms with van der Waals surface area (Å²) in [7, 11) is 0. The van der Waals surface area contributed by atoms with Gasteiger partial charge in [0.25, 0.3) is 0 Å². The summed E-state index contributed by atoms with van der Waals surface area (Å²) in [6.07, 6.45) is 16.8. The first-order valence-electron chi connectivity index (χ1n) is 15.6. The number of esters is 1. The highest BCUT2D eigenvalue weighted by Gasteiger charge is 2.57. The highest BCUT2D eigenvalue weighted by atomic mass is 16.5. The molecule has 4 fully saturated rings. The first-order valence-corrected chi connectivity index (χ1v) is 15.6. The summed E-state index contributed by atoms with van der Waals surface area (Å²) in [6.45, 7) is 12.3. The van der Waals surface area contributed by atoms with Gasteiger partial charge >= 0.3 is 5.97 Å². The number of oxazole rings is 1. The van der Waals surface area contributed by atoms with Crippen LogP contribution in [-0.2, 0) is 14.9 Å². The molecule has 220 valence electrons. The molecule has 1 aromatic rings. The quantitative estimate of drug-likeness (QED) is 0.325. The van der Waals surface area contributed by atoms with Gasteiger partial charge in [-0.3, -0.25) is 4.79 Å². The van der Waals surface area contributed by atoms with Crippen LogP contribution < -0.4 is 0 Å². The van der Waals surface area contributed by atoms with Gasteiger partial charge in [-0.2, -0.15) is 0 Å². The minimum atomic E-state index is -0.646. The van der Waals surface area contributed by atoms with Gasteiger partial charge in [-0.15, -0.1) is 0 Å². The van der Waals surface area contributed by atoms with Crippen molar-refractivity contribution in [3.63, 3.8) is 0 Å². The number of hydrogen-bond donors (Lipinski definition) is 2. The number of nitrogens with zero attached hydrogens (tertiary/aromatic N) is 1. The smallest absolute Gasteiger partial charge is 0.308 e. The molecule has 0 aliphatic heterocycles. The summed E-state index contributed by atoms with van der Waals surface area (Å²) in [5.41, 5.74) is 3.28. The third-order valence-electron chi connectivity index (χ3n) is 10.6. The molecule has 0 saturated heterocycles. The van der Waals surface area contributed by atoms with E-state index in [-0.39, 0.29) is 28.8 Å². The van der Waals surface area contributed by atoms with Crippen molar-refractivity contribution in [2.24, 2.45) is 23.2 Å². The zero-order valence-electron chi connectivity index (χ0n) is 25.0. The van der Waals surface area contributed by atoms with Gasteiger partial charge in [0.05, 0.1) is 29.7 Å². The topological polar surface area (TPSA) is 92.8 Å². The van der Waals surface area contributed by atoms with Crippen LogP contribution >= 0.6 is 0 Å². The molecule has 6 heteroatoms. The van der Waals surface area contributed by atoms with Gasteiger partial charge in [-0.1, -0.05) is 45.1 Å². The number of fused-ring (bicyclic) bond motifs is 1. The lowest BCUT2D eigenvalue weighted by Gasteiger charge is -2.42. The molecule has 6 atom stereocenters. The van der Waals surface area contributed by atoms with Gasteiger partial charge in [0, 0.05) is 6.42 Å². The summed E-state index contributed by atoms with van der Waals surface area (Å²) >= 11 is 0. The van der Waals surface area contributed by atoms with Crippen molar-refractivity contribution < 1.29 is 24.2 Å². The number of allylic oxidation sites excluding steroid dienone is 3. The molecular weight excluding hydrogens is 502 g/mol. The Kier molecular flexibility index (Phi) is 8.50. The van der Waals surface area contributed by atoms with E-state index in [1.807, 2.05) is 20.8 Å². The van der Waals surface area contributed by atoms with E-state index in [1.165, 1.54) is 31.3 Å². The highest BCUT2D eigenvalue weighted by molar-refractivity contribution is 5.71. The molecule has 0 radical (unpaired) electrons. The molecule has 5 rings (SSSR count). The summed E-state index contributed by atoms with van der Waals surface area (Å²) < 4.78 is 12.1. The second-order valence-corrected chi connectivity index (χ2v) is 13.7. The van der Waals surface area contributed by atoms with E-state index in [0.29, 0.717) is 24.7 Å². The van der Waals surface area contributed by atoms with Crippen LogP contribution in [0.3, 0.4) is 0 Å². The number of carbonyl (C=O) groups excluding carboxylic acids is 1. The first kappa shape index (κ1) is 29.3. The molecule has 1 aromatic heterocycles. The zero-order valence-corrected chi connectivity index (χ0v) is 25.0. The molecule has 0 aromatic carbocycles. The van der Waals surface area contributed by atoms with E-state index in [4.69, 9.17) is 9.15 Å². The largest absolute Gasteiger partial charge is 0.461 e. The SMILES string of the molecule is C=C1/C(=C\C=C2/CCCC3(C)C(CCCC(OC(=O)C(C)C)C4(c5ncc(C)o5)CC4)CCC23)C[C@@H](O)C[C@@H]1O. The van der Waals surface area contributed by atoms with Crippen molar-refractivity contribution in [3.8, 4) is 0 Å². The molecule has 0 bridgehead atoms. The van der Waals surface area contributed by atoms with Crippen LogP contribution in [0.5, 0.6) is 0 Å². The Hall–Kier alpha value is -2.18. The summed E-state index contributed by atoms with van der Waals surface area (Å²) in [5.74, 6) is 2.48. The number of aryl methyl sites for hydroxylation is 1. The number of aliphatic hydroxyl groups excluding tert-OH is 2. The average Bonchev–Trinajstić information content (AvgIpc) is 3.48. The molecule has 4 aliphatic carbocycles. The van der Waals surface area contributed by atoms with Crippen molar-refractivity contribution in [2.75, 3.05) is 0 Å². The number of rotatable bonds is 9. The Morgan fingerprint density at radius 1 is 1.25 bits per heavy atom. The van der Waals surface area contributed by atoms with E-state index >= 15 is 0 Å². The number of hydrogen-bond acceptors (Lipinski definition) is 6. The third kappa shape index (κ3) is 5.76. The van der Waals surface area contributed by atoms with Gasteiger partial charge in [0.1, 0.15) is 11.9 Å². The predicted molar refractivity (Wildman–Crippen MR) is 155 cm³/mol. The van der Waals surface area contributed by atoms with Crippen molar-refractivity contribution >= 4 is 5.97 Å². The Morgan fingerprint density at radius 2 is 2.02 bits per heavy atom. The normalized spacial score (nSPS) is 34.3. The van der Waals surface area contributed by atoms with Crippen molar-refractivity contribution in [1.82, 2.24) is 4.98 Å². The van der Waals surface area contributed by atoms with Gasteiger partial charge in [-0.05, 0) is 106 Å². The van der Waals surface area contributed by atoms with Crippen LogP contribution in [0.25, 0.3) is 0 Å². The molecule has 4 saturated carbocycles. The van der Waals surface area contributed by atoms with E-state index in [9.17, 15) is 15.0 Å². The Balaban J connectivity index is 1.25. The lowest BCUT2D eigenvalue weighted by Crippen LogP contribution is -2.35. The zero-order chi connectivity index (χ0) is 28.7. The molecular formula is C34H49NO5. The van der Waals surface area contributed by atoms with Gasteiger partial charge in [0.15, 0.2) is 0 Å². The number of aliphatic hydroxyl groups is 2. The second kappa shape index (κ2) is 11.6. The maximum atomic E-state index is 12.7. The Bertz CT molecular complexity index is 1160. The number of aromatic nitrogens is 1. The molecule has 0 amide bonds. The molecule has 4 unspecified atom stereocenters. The first-order chi connectivity index (χ1) is 19.0. The van der Waals surface area contributed by atoms with Gasteiger partial charge in [-0.25, -0.2) is 4.98 Å². The average molecular weight is 552 g/mol. The molecule has 0 spiro atoms. The fraction of sp³-hybridized carbons (Fsp3) is 0.706. The fourth-order valence-electron chi connectivity index (χ4n) is 7.95. The van der Waals surface area contributed by atoms with E-state index in [2.05, 4.69) is 30.6 Å². The molecule has 40 heavy (non-hydrogen) atoms. The molecule has 4 aliphatic rings. The molecule has 1 heterocycles. The Morgan fingerprint density at radius 3 is 2.70 bits per heavy atom. The second-order valence-electron chi connectivity index (χ2n) is 13.7. The van der Waals surface area contributed by atoms with E-state index in [1.54, 1.807) is 6.20 Å². The van der Waals surface area contributed by atoms with Crippen LogP contribution in [0.4, 0.5) is 0 Å². The van der Waals surface area contributed by atoms with E-state index in [0.717, 1.165) is 61.3 Å². The van der Waals surface area contributed by atoms with Gasteiger partial charge in [0.2, 0.25) is 5.89 Å². The Labute approximate surface area is 240 Å². The van der Waals surface area contributed by atoms with Crippen molar-refractivity contribution in [2.45, 2.75) is 128 Å². The highest BCUT2D eigenvalue weighted by Crippen LogP contribution is 2.59. The van der Waals surface area contributed by atoms with Crippen LogP contribution in [0.15, 0.2) is 46.1 Å². The number of carbonyl (C=O) groups is 1. The summed E-state index contributed by atoms with van der Waals surface area (Å²) in [5, 5.41) is 20.4. The monoisotopic (exact) mass is 551 g/mol. The lowest BCUT2D eigenvalue weighted by molar-refractivity contribution is -0.155. The van der Waals surface area contributed by atoms with Gasteiger partial charge < -0.3 is 19.4 Å². The van der Waals surface area contributed by atoms with Crippen LogP contribution in [0, 0.1) is 30.1 Å². The lowest BCUT2D eigenvalue weighted by atomic mass is 9.62. The summed E-state index contributed by atoms with van der Waals surface area (Å²) in [4.78, 5) is 17.2. The van der Waals surface area contributed by atoms with Crippen LogP contribution in [0.1, 0.15) is 109 Å². The third-order valence-corrected chi connectivity index (χ3v) is 10.6. The standard InChI is InChI=1S/C34H49NO5/c1-21(2)31(38)40-30(34(16-17-34)32-35-20-22(3)39-32)10-6-9-26-13-14-28-24(8-7-15-33(26,28)5)11-12-25-18-27(36)19-29(37)23(25)4/h11-12,20-21,26-30,36-37H,4,6-10,13-19H2,1-3,5H3/b24-11+,25-12-/t26?,27-,28?,29+,30?,33?/m1/s1. The summed E-state index contributed by atoms with van der Waals surface area (Å²) in [6, 6.07) is 0.